The zero-order chi connectivity index (χ0) is 32.3. The largest absolute Gasteiger partial charge is 0.456 e. The van der Waals surface area contributed by atoms with Gasteiger partial charge in [-0.1, -0.05) is 121 Å². The number of furan rings is 1. The Kier molecular flexibility index (Phi) is 6.28. The topological polar surface area (TPSA) is 51.8 Å². The van der Waals surface area contributed by atoms with Crippen LogP contribution >= 0.6 is 0 Å². The number of nitrogens with zero attached hydrogens (tertiary/aromatic N) is 3. The van der Waals surface area contributed by atoms with Gasteiger partial charge in [0.05, 0.1) is 0 Å². The van der Waals surface area contributed by atoms with E-state index in [0.717, 1.165) is 67.8 Å². The highest BCUT2D eigenvalue weighted by Gasteiger charge is 2.19. The molecule has 1 aliphatic carbocycles. The molecule has 0 unspecified atom stereocenters. The van der Waals surface area contributed by atoms with Crippen LogP contribution in [0.3, 0.4) is 0 Å². The molecule has 0 saturated carbocycles. The minimum atomic E-state index is 0.612. The van der Waals surface area contributed by atoms with Crippen LogP contribution < -0.4 is 0 Å². The van der Waals surface area contributed by atoms with E-state index in [9.17, 15) is 0 Å². The average molecular weight is 628 g/mol. The average Bonchev–Trinajstić information content (AvgIpc) is 3.55. The van der Waals surface area contributed by atoms with E-state index < -0.39 is 0 Å². The first kappa shape index (κ1) is 27.7. The molecule has 0 spiro atoms. The molecule has 49 heavy (non-hydrogen) atoms. The van der Waals surface area contributed by atoms with E-state index >= 15 is 0 Å². The highest BCUT2D eigenvalue weighted by Crippen LogP contribution is 2.39. The first-order valence-electron chi connectivity index (χ1n) is 16.7. The minimum Gasteiger partial charge on any atom is -0.456 e. The molecule has 7 aromatic carbocycles. The number of allylic oxidation sites excluding steroid dienone is 1. The summed E-state index contributed by atoms with van der Waals surface area (Å²) in [7, 11) is 0. The molecule has 9 aromatic rings. The number of aromatic nitrogens is 3. The van der Waals surface area contributed by atoms with Gasteiger partial charge in [-0.15, -0.1) is 0 Å². The van der Waals surface area contributed by atoms with Crippen molar-refractivity contribution in [3.05, 3.63) is 157 Å². The number of hydrogen-bond donors (Lipinski definition) is 0. The van der Waals surface area contributed by atoms with Crippen LogP contribution in [0.2, 0.25) is 0 Å². The Bertz CT molecular complexity index is 2690. The predicted octanol–water partition coefficient (Wildman–Crippen LogP) is 11.7. The van der Waals surface area contributed by atoms with E-state index in [1.54, 1.807) is 0 Å². The predicted molar refractivity (Wildman–Crippen MR) is 201 cm³/mol. The fourth-order valence-electron chi connectivity index (χ4n) is 7.22. The van der Waals surface area contributed by atoms with E-state index in [0.29, 0.717) is 17.5 Å². The van der Waals surface area contributed by atoms with Crippen LogP contribution in [0, 0.1) is 0 Å². The van der Waals surface area contributed by atoms with Crippen LogP contribution in [0.4, 0.5) is 0 Å². The quantitative estimate of drug-likeness (QED) is 0.195. The standard InChI is InChI=1S/C45H29N3O/c1-4-11-31-24-34(19-16-28(31)8-1)35-22-23-40-39(27-35)42-38(14-7-15-41(42)49-40)45-47-43(36-20-17-29-9-2-5-12-32(29)25-36)46-44(48-45)37-21-18-30-10-3-6-13-33(30)26-37/h1-3,5-10,12-27H,4,11H2. The Morgan fingerprint density at radius 1 is 0.469 bits per heavy atom. The lowest BCUT2D eigenvalue weighted by Crippen LogP contribution is -2.00. The number of fused-ring (bicyclic) bond motifs is 6. The highest BCUT2D eigenvalue weighted by molar-refractivity contribution is 6.12. The van der Waals surface area contributed by atoms with Gasteiger partial charge in [0.1, 0.15) is 11.2 Å². The summed E-state index contributed by atoms with van der Waals surface area (Å²) in [6.45, 7) is 0. The SMILES string of the molecule is C1=Cc2ccc(-c3ccc4oc5cccc(-c6nc(-c7ccc8ccccc8c7)nc(-c7ccc8ccccc8c7)n6)c5c4c3)cc2CC1. The molecule has 0 amide bonds. The third-order valence-electron chi connectivity index (χ3n) is 9.74. The van der Waals surface area contributed by atoms with Gasteiger partial charge in [-0.25, -0.2) is 15.0 Å². The van der Waals surface area contributed by atoms with E-state index in [1.165, 1.54) is 27.5 Å². The normalized spacial score (nSPS) is 12.7. The van der Waals surface area contributed by atoms with Gasteiger partial charge in [0.25, 0.3) is 0 Å². The van der Waals surface area contributed by atoms with Gasteiger partial charge >= 0.3 is 0 Å². The summed E-state index contributed by atoms with van der Waals surface area (Å²) in [6, 6.07) is 48.9. The van der Waals surface area contributed by atoms with Crippen molar-refractivity contribution < 1.29 is 4.42 Å². The molecule has 0 bridgehead atoms. The molecular weight excluding hydrogens is 599 g/mol. The van der Waals surface area contributed by atoms with Crippen LogP contribution in [0.25, 0.3) is 94.8 Å². The molecule has 0 N–H and O–H groups in total. The van der Waals surface area contributed by atoms with Crippen molar-refractivity contribution in [1.82, 2.24) is 15.0 Å². The van der Waals surface area contributed by atoms with Crippen molar-refractivity contribution in [1.29, 1.82) is 0 Å². The Hall–Kier alpha value is -6.39. The van der Waals surface area contributed by atoms with Gasteiger partial charge in [-0.3, -0.25) is 0 Å². The molecule has 2 heterocycles. The lowest BCUT2D eigenvalue weighted by molar-refractivity contribution is 0.669. The molecule has 0 radical (unpaired) electrons. The van der Waals surface area contributed by atoms with Crippen LogP contribution in [0.1, 0.15) is 17.5 Å². The van der Waals surface area contributed by atoms with E-state index in [2.05, 4.69) is 140 Å². The van der Waals surface area contributed by atoms with Crippen LogP contribution in [0.15, 0.2) is 150 Å². The van der Waals surface area contributed by atoms with Crippen molar-refractivity contribution in [2.45, 2.75) is 12.8 Å². The molecule has 0 fully saturated rings. The van der Waals surface area contributed by atoms with Crippen molar-refractivity contribution in [2.24, 2.45) is 0 Å². The number of benzene rings is 7. The summed E-state index contributed by atoms with van der Waals surface area (Å²) >= 11 is 0. The third kappa shape index (κ3) is 4.80. The van der Waals surface area contributed by atoms with Crippen molar-refractivity contribution in [2.75, 3.05) is 0 Å². The molecule has 0 saturated heterocycles. The van der Waals surface area contributed by atoms with Crippen LogP contribution in [0.5, 0.6) is 0 Å². The number of rotatable bonds is 4. The second-order valence-corrected chi connectivity index (χ2v) is 12.8. The van der Waals surface area contributed by atoms with Crippen molar-refractivity contribution in [3.8, 4) is 45.3 Å². The van der Waals surface area contributed by atoms with Gasteiger partial charge < -0.3 is 4.42 Å². The molecule has 230 valence electrons. The van der Waals surface area contributed by atoms with Crippen molar-refractivity contribution >= 4 is 49.6 Å². The fraction of sp³-hybridized carbons (Fsp3) is 0.0444. The monoisotopic (exact) mass is 627 g/mol. The van der Waals surface area contributed by atoms with Gasteiger partial charge in [-0.2, -0.15) is 0 Å². The maximum Gasteiger partial charge on any atom is 0.164 e. The van der Waals surface area contributed by atoms with Gasteiger partial charge in [0, 0.05) is 27.5 Å². The van der Waals surface area contributed by atoms with Crippen molar-refractivity contribution in [3.63, 3.8) is 0 Å². The molecule has 0 aliphatic heterocycles. The molecule has 4 nitrogen and oxygen atoms in total. The zero-order valence-corrected chi connectivity index (χ0v) is 26.6. The summed E-state index contributed by atoms with van der Waals surface area (Å²) in [6.07, 6.45) is 6.64. The molecule has 10 rings (SSSR count). The molecule has 1 aliphatic rings. The number of aryl methyl sites for hydroxylation is 1. The lowest BCUT2D eigenvalue weighted by atomic mass is 9.92. The van der Waals surface area contributed by atoms with Gasteiger partial charge in [0.2, 0.25) is 0 Å². The zero-order valence-electron chi connectivity index (χ0n) is 26.6. The molecule has 4 heteroatoms. The summed E-state index contributed by atoms with van der Waals surface area (Å²) in [5, 5.41) is 6.68. The summed E-state index contributed by atoms with van der Waals surface area (Å²) in [4.78, 5) is 15.4. The Balaban J connectivity index is 1.18. The van der Waals surface area contributed by atoms with Crippen LogP contribution in [-0.4, -0.2) is 15.0 Å². The minimum absolute atomic E-state index is 0.612. The molecule has 0 atom stereocenters. The lowest BCUT2D eigenvalue weighted by Gasteiger charge is -2.12. The number of hydrogen-bond acceptors (Lipinski definition) is 4. The Labute approximate surface area is 283 Å². The second kappa shape index (κ2) is 11.1. The summed E-state index contributed by atoms with van der Waals surface area (Å²) in [5.74, 6) is 1.88. The van der Waals surface area contributed by atoms with E-state index in [-0.39, 0.29) is 0 Å². The maximum atomic E-state index is 6.44. The Morgan fingerprint density at radius 3 is 1.84 bits per heavy atom. The Morgan fingerprint density at radius 2 is 1.10 bits per heavy atom. The summed E-state index contributed by atoms with van der Waals surface area (Å²) < 4.78 is 6.44. The molecule has 2 aromatic heterocycles. The van der Waals surface area contributed by atoms with E-state index in [1.807, 2.05) is 12.1 Å². The van der Waals surface area contributed by atoms with Crippen LogP contribution in [-0.2, 0) is 6.42 Å². The molecular formula is C45H29N3O. The maximum absolute atomic E-state index is 6.44. The second-order valence-electron chi connectivity index (χ2n) is 12.8. The van der Waals surface area contributed by atoms with Gasteiger partial charge in [0.15, 0.2) is 17.5 Å². The van der Waals surface area contributed by atoms with Gasteiger partial charge in [-0.05, 0) is 87.0 Å². The fourth-order valence-corrected chi connectivity index (χ4v) is 7.22. The first-order chi connectivity index (χ1) is 24.2. The first-order valence-corrected chi connectivity index (χ1v) is 16.7. The highest BCUT2D eigenvalue weighted by atomic mass is 16.3. The third-order valence-corrected chi connectivity index (χ3v) is 9.74. The van der Waals surface area contributed by atoms with E-state index in [4.69, 9.17) is 19.4 Å². The smallest absolute Gasteiger partial charge is 0.164 e. The summed E-state index contributed by atoms with van der Waals surface area (Å²) in [5.41, 5.74) is 9.52.